The largest absolute Gasteiger partial charge is 0.488 e. The first kappa shape index (κ1) is 17.3. The SMILES string of the molecule is Nc1ncc(OCCN2CCOCC2)c(-c2c[nH]c3ccc(Br)cc23)n1. The molecule has 0 radical (unpaired) electrons. The van der Waals surface area contributed by atoms with E-state index in [1.165, 1.54) is 0 Å². The van der Waals surface area contributed by atoms with E-state index in [1.807, 2.05) is 18.3 Å². The summed E-state index contributed by atoms with van der Waals surface area (Å²) in [4.78, 5) is 14.1. The van der Waals surface area contributed by atoms with E-state index in [-0.39, 0.29) is 5.95 Å². The maximum atomic E-state index is 6.01. The molecule has 3 heterocycles. The number of ether oxygens (including phenoxy) is 2. The molecule has 1 aromatic carbocycles. The maximum absolute atomic E-state index is 6.01. The lowest BCUT2D eigenvalue weighted by atomic mass is 10.1. The number of fused-ring (bicyclic) bond motifs is 1. The van der Waals surface area contributed by atoms with E-state index in [0.29, 0.717) is 18.1 Å². The summed E-state index contributed by atoms with van der Waals surface area (Å²) in [6, 6.07) is 6.07. The first-order chi connectivity index (χ1) is 12.7. The van der Waals surface area contributed by atoms with Crippen molar-refractivity contribution >= 4 is 32.8 Å². The van der Waals surface area contributed by atoms with Crippen LogP contribution < -0.4 is 10.5 Å². The molecule has 0 amide bonds. The Morgan fingerprint density at radius 1 is 1.31 bits per heavy atom. The van der Waals surface area contributed by atoms with Gasteiger partial charge in [0.05, 0.1) is 19.4 Å². The predicted molar refractivity (Wildman–Crippen MR) is 104 cm³/mol. The van der Waals surface area contributed by atoms with E-state index >= 15 is 0 Å². The maximum Gasteiger partial charge on any atom is 0.220 e. The molecule has 26 heavy (non-hydrogen) atoms. The molecule has 1 aliphatic rings. The lowest BCUT2D eigenvalue weighted by molar-refractivity contribution is 0.0322. The second-order valence-electron chi connectivity index (χ2n) is 6.14. The lowest BCUT2D eigenvalue weighted by Crippen LogP contribution is -2.38. The number of H-pyrrole nitrogens is 1. The minimum Gasteiger partial charge on any atom is -0.488 e. The van der Waals surface area contributed by atoms with Gasteiger partial charge in [-0.2, -0.15) is 0 Å². The second-order valence-corrected chi connectivity index (χ2v) is 7.05. The summed E-state index contributed by atoms with van der Waals surface area (Å²) in [7, 11) is 0. The van der Waals surface area contributed by atoms with E-state index in [0.717, 1.165) is 53.8 Å². The van der Waals surface area contributed by atoms with Crippen LogP contribution in [0, 0.1) is 0 Å². The Morgan fingerprint density at radius 2 is 2.15 bits per heavy atom. The molecular weight excluding hydrogens is 398 g/mol. The third-order valence-electron chi connectivity index (χ3n) is 4.44. The third kappa shape index (κ3) is 3.67. The van der Waals surface area contributed by atoms with E-state index < -0.39 is 0 Å². The number of aromatic amines is 1. The van der Waals surface area contributed by atoms with Gasteiger partial charge in [0.15, 0.2) is 5.75 Å². The Labute approximate surface area is 159 Å². The highest BCUT2D eigenvalue weighted by Crippen LogP contribution is 2.34. The van der Waals surface area contributed by atoms with Crippen LogP contribution in [0.15, 0.2) is 35.1 Å². The fourth-order valence-corrected chi connectivity index (χ4v) is 3.44. The first-order valence-corrected chi connectivity index (χ1v) is 9.32. The molecule has 7 nitrogen and oxygen atoms in total. The van der Waals surface area contributed by atoms with Crippen molar-refractivity contribution in [3.05, 3.63) is 35.1 Å². The molecule has 2 aromatic heterocycles. The fourth-order valence-electron chi connectivity index (χ4n) is 3.08. The number of morpholine rings is 1. The molecule has 0 aliphatic carbocycles. The average molecular weight is 418 g/mol. The molecule has 1 fully saturated rings. The van der Waals surface area contributed by atoms with Gasteiger partial charge in [0, 0.05) is 46.8 Å². The highest BCUT2D eigenvalue weighted by atomic mass is 79.9. The number of rotatable bonds is 5. The van der Waals surface area contributed by atoms with Gasteiger partial charge in [-0.05, 0) is 18.2 Å². The van der Waals surface area contributed by atoms with Crippen LogP contribution in [0.25, 0.3) is 22.2 Å². The highest BCUT2D eigenvalue weighted by molar-refractivity contribution is 9.10. The van der Waals surface area contributed by atoms with E-state index in [1.54, 1.807) is 6.20 Å². The molecule has 136 valence electrons. The van der Waals surface area contributed by atoms with Gasteiger partial charge in [0.1, 0.15) is 12.3 Å². The molecule has 1 saturated heterocycles. The van der Waals surface area contributed by atoms with E-state index in [4.69, 9.17) is 15.2 Å². The molecule has 8 heteroatoms. The number of anilines is 1. The molecular formula is C18H20BrN5O2. The van der Waals surface area contributed by atoms with Crippen molar-refractivity contribution in [1.82, 2.24) is 19.9 Å². The van der Waals surface area contributed by atoms with E-state index in [2.05, 4.69) is 41.8 Å². The second kappa shape index (κ2) is 7.61. The van der Waals surface area contributed by atoms with Crippen molar-refractivity contribution in [2.75, 3.05) is 45.2 Å². The molecule has 3 N–H and O–H groups in total. The normalized spacial score (nSPS) is 15.4. The first-order valence-electron chi connectivity index (χ1n) is 8.53. The van der Waals surface area contributed by atoms with Crippen molar-refractivity contribution in [1.29, 1.82) is 0 Å². The molecule has 0 spiro atoms. The van der Waals surface area contributed by atoms with Crippen LogP contribution in [0.3, 0.4) is 0 Å². The van der Waals surface area contributed by atoms with Crippen molar-refractivity contribution in [3.8, 4) is 17.0 Å². The number of aromatic nitrogens is 3. The van der Waals surface area contributed by atoms with Crippen LogP contribution >= 0.6 is 15.9 Å². The van der Waals surface area contributed by atoms with Gasteiger partial charge in [-0.1, -0.05) is 15.9 Å². The van der Waals surface area contributed by atoms with Crippen LogP contribution in [-0.4, -0.2) is 59.3 Å². The number of nitrogens with two attached hydrogens (primary N) is 1. The smallest absolute Gasteiger partial charge is 0.220 e. The Bertz CT molecular complexity index is 908. The highest BCUT2D eigenvalue weighted by Gasteiger charge is 2.16. The average Bonchev–Trinajstić information content (AvgIpc) is 3.06. The molecule has 0 bridgehead atoms. The summed E-state index contributed by atoms with van der Waals surface area (Å²) in [5.41, 5.74) is 8.50. The quantitative estimate of drug-likeness (QED) is 0.663. The van der Waals surface area contributed by atoms with Gasteiger partial charge >= 0.3 is 0 Å². The topological polar surface area (TPSA) is 89.3 Å². The van der Waals surface area contributed by atoms with E-state index in [9.17, 15) is 0 Å². The van der Waals surface area contributed by atoms with Crippen LogP contribution in [0.2, 0.25) is 0 Å². The molecule has 3 aromatic rings. The van der Waals surface area contributed by atoms with Gasteiger partial charge < -0.3 is 20.2 Å². The number of nitrogens with one attached hydrogen (secondary N) is 1. The summed E-state index contributed by atoms with van der Waals surface area (Å²) in [5, 5.41) is 1.05. The third-order valence-corrected chi connectivity index (χ3v) is 4.93. The molecule has 1 aliphatic heterocycles. The van der Waals surface area contributed by atoms with Crippen molar-refractivity contribution < 1.29 is 9.47 Å². The Balaban J connectivity index is 1.59. The number of nitrogen functional groups attached to an aromatic ring is 1. The summed E-state index contributed by atoms with van der Waals surface area (Å²) < 4.78 is 12.4. The number of nitrogens with zero attached hydrogens (tertiary/aromatic N) is 3. The monoisotopic (exact) mass is 417 g/mol. The van der Waals surface area contributed by atoms with Crippen molar-refractivity contribution in [3.63, 3.8) is 0 Å². The predicted octanol–water partition coefficient (Wildman–Crippen LogP) is 2.68. The number of benzene rings is 1. The Hall–Kier alpha value is -2.16. The zero-order valence-electron chi connectivity index (χ0n) is 14.2. The molecule has 4 rings (SSSR count). The molecule has 0 saturated carbocycles. The summed E-state index contributed by atoms with van der Waals surface area (Å²) in [6.45, 7) is 4.83. The lowest BCUT2D eigenvalue weighted by Gasteiger charge is -2.26. The fraction of sp³-hybridized carbons (Fsp3) is 0.333. The number of hydrogen-bond donors (Lipinski definition) is 2. The molecule has 0 unspecified atom stereocenters. The summed E-state index contributed by atoms with van der Waals surface area (Å²) in [6.07, 6.45) is 3.57. The van der Waals surface area contributed by atoms with Crippen molar-refractivity contribution in [2.24, 2.45) is 0 Å². The van der Waals surface area contributed by atoms with Gasteiger partial charge in [-0.15, -0.1) is 0 Å². The number of hydrogen-bond acceptors (Lipinski definition) is 6. The van der Waals surface area contributed by atoms with Gasteiger partial charge in [-0.25, -0.2) is 9.97 Å². The van der Waals surface area contributed by atoms with Crippen LogP contribution in [0.1, 0.15) is 0 Å². The minimum absolute atomic E-state index is 0.227. The standard InChI is InChI=1S/C18H20BrN5O2/c19-12-1-2-15-13(9-12)14(10-21-15)17-16(11-22-18(20)23-17)26-8-5-24-3-6-25-7-4-24/h1-2,9-11,21H,3-8H2,(H2,20,22,23). The van der Waals surface area contributed by atoms with Gasteiger partial charge in [0.25, 0.3) is 0 Å². The number of halogens is 1. The van der Waals surface area contributed by atoms with Crippen LogP contribution in [0.5, 0.6) is 5.75 Å². The Kier molecular flexibility index (Phi) is 5.05. The zero-order valence-corrected chi connectivity index (χ0v) is 15.8. The van der Waals surface area contributed by atoms with Crippen molar-refractivity contribution in [2.45, 2.75) is 0 Å². The zero-order chi connectivity index (χ0) is 17.9. The van der Waals surface area contributed by atoms with Gasteiger partial charge in [-0.3, -0.25) is 4.90 Å². The van der Waals surface area contributed by atoms with Gasteiger partial charge in [0.2, 0.25) is 5.95 Å². The Morgan fingerprint density at radius 3 is 3.00 bits per heavy atom. The minimum atomic E-state index is 0.227. The van der Waals surface area contributed by atoms with Crippen LogP contribution in [-0.2, 0) is 4.74 Å². The molecule has 0 atom stereocenters. The summed E-state index contributed by atoms with van der Waals surface area (Å²) >= 11 is 3.52. The van der Waals surface area contributed by atoms with Crippen LogP contribution in [0.4, 0.5) is 5.95 Å². The summed E-state index contributed by atoms with van der Waals surface area (Å²) in [5.74, 6) is 0.859.